The first-order valence-corrected chi connectivity index (χ1v) is 8.54. The topological polar surface area (TPSA) is 48.1 Å². The summed E-state index contributed by atoms with van der Waals surface area (Å²) in [4.78, 5) is 15.3. The Kier molecular flexibility index (Phi) is 4.47. The van der Waals surface area contributed by atoms with Crippen molar-refractivity contribution in [1.29, 1.82) is 0 Å². The second-order valence-electron chi connectivity index (χ2n) is 6.49. The molecular weight excluding hydrogens is 362 g/mol. The van der Waals surface area contributed by atoms with Crippen LogP contribution in [-0.2, 0) is 12.7 Å². The normalized spacial score (nSPS) is 16.2. The Morgan fingerprint density at radius 3 is 2.48 bits per heavy atom. The Hall–Kier alpha value is -2.68. The van der Waals surface area contributed by atoms with E-state index in [1.807, 2.05) is 24.3 Å². The summed E-state index contributed by atoms with van der Waals surface area (Å²) in [5.74, 6) is -0.134. The predicted molar refractivity (Wildman–Crippen MR) is 92.8 cm³/mol. The molecule has 3 aromatic rings. The van der Waals surface area contributed by atoms with Gasteiger partial charge < -0.3 is 9.88 Å². The number of nitrogens with one attached hydrogen (secondary N) is 1. The zero-order valence-electron chi connectivity index (χ0n) is 14.3. The van der Waals surface area contributed by atoms with E-state index < -0.39 is 17.6 Å². The molecule has 1 aliphatic rings. The van der Waals surface area contributed by atoms with E-state index in [0.29, 0.717) is 45.0 Å². The fourth-order valence-electron chi connectivity index (χ4n) is 3.23. The lowest BCUT2D eigenvalue weighted by Crippen LogP contribution is -2.46. The van der Waals surface area contributed by atoms with E-state index in [1.54, 1.807) is 4.90 Å². The van der Waals surface area contributed by atoms with Crippen molar-refractivity contribution >= 4 is 16.9 Å². The fraction of sp³-hybridized carbons (Fsp3) is 0.333. The number of pyridine rings is 1. The molecule has 0 saturated carbocycles. The minimum Gasteiger partial charge on any atom is -0.352 e. The number of hydrogen-bond acceptors (Lipinski definition) is 4. The van der Waals surface area contributed by atoms with Crippen LogP contribution in [0.15, 0.2) is 36.5 Å². The molecule has 0 atom stereocenters. The van der Waals surface area contributed by atoms with Crippen LogP contribution in [0.4, 0.5) is 23.4 Å². The first kappa shape index (κ1) is 17.7. The molecule has 0 amide bonds. The van der Waals surface area contributed by atoms with Gasteiger partial charge in [-0.1, -0.05) is 12.1 Å². The molecule has 27 heavy (non-hydrogen) atoms. The maximum absolute atomic E-state index is 14.1. The van der Waals surface area contributed by atoms with Gasteiger partial charge in [0.25, 0.3) is 0 Å². The minimum absolute atomic E-state index is 0.0358. The number of fused-ring (bicyclic) bond motifs is 1. The summed E-state index contributed by atoms with van der Waals surface area (Å²) in [6, 6.07) is 8.27. The van der Waals surface area contributed by atoms with Gasteiger partial charge in [0.2, 0.25) is 0 Å². The Bertz CT molecular complexity index is 911. The van der Waals surface area contributed by atoms with Crippen LogP contribution in [0, 0.1) is 5.82 Å². The lowest BCUT2D eigenvalue weighted by molar-refractivity contribution is -0.138. The molecule has 142 valence electrons. The molecule has 1 fully saturated rings. The van der Waals surface area contributed by atoms with Gasteiger partial charge in [-0.25, -0.2) is 14.4 Å². The summed E-state index contributed by atoms with van der Waals surface area (Å²) >= 11 is 0. The van der Waals surface area contributed by atoms with Crippen molar-refractivity contribution in [2.75, 3.05) is 31.1 Å². The second kappa shape index (κ2) is 6.80. The zero-order chi connectivity index (χ0) is 19.0. The summed E-state index contributed by atoms with van der Waals surface area (Å²) in [5.41, 5.74) is 0.802. The largest absolute Gasteiger partial charge is 0.417 e. The number of aromatic amines is 1. The van der Waals surface area contributed by atoms with Crippen LogP contribution in [0.3, 0.4) is 0 Å². The van der Waals surface area contributed by atoms with E-state index in [1.165, 1.54) is 0 Å². The Balaban J connectivity index is 1.40. The Labute approximate surface area is 152 Å². The van der Waals surface area contributed by atoms with E-state index in [9.17, 15) is 17.6 Å². The van der Waals surface area contributed by atoms with Gasteiger partial charge in [0.15, 0.2) is 11.6 Å². The molecule has 0 bridgehead atoms. The van der Waals surface area contributed by atoms with Crippen LogP contribution in [0.5, 0.6) is 0 Å². The molecule has 2 aromatic heterocycles. The number of hydrogen-bond donors (Lipinski definition) is 1. The SMILES string of the molecule is Fc1cc(C(F)(F)F)cnc1N1CCN(Cc2nc3ccccc3[nH]2)CC1. The molecule has 1 saturated heterocycles. The third-order valence-electron chi connectivity index (χ3n) is 4.63. The monoisotopic (exact) mass is 379 g/mol. The van der Waals surface area contributed by atoms with Gasteiger partial charge in [0.1, 0.15) is 5.82 Å². The van der Waals surface area contributed by atoms with Gasteiger partial charge in [-0.2, -0.15) is 13.2 Å². The van der Waals surface area contributed by atoms with Crippen LogP contribution >= 0.6 is 0 Å². The number of imidazole rings is 1. The summed E-state index contributed by atoms with van der Waals surface area (Å²) in [6.45, 7) is 2.87. The number of rotatable bonds is 3. The highest BCUT2D eigenvalue weighted by molar-refractivity contribution is 5.74. The minimum atomic E-state index is -4.60. The molecule has 1 aromatic carbocycles. The molecule has 9 heteroatoms. The molecule has 3 heterocycles. The number of benzene rings is 1. The molecule has 0 unspecified atom stereocenters. The summed E-state index contributed by atoms with van der Waals surface area (Å²) < 4.78 is 52.0. The van der Waals surface area contributed by atoms with Crippen LogP contribution in [-0.4, -0.2) is 46.0 Å². The van der Waals surface area contributed by atoms with Crippen molar-refractivity contribution in [2.24, 2.45) is 0 Å². The number of halogens is 4. The quantitative estimate of drug-likeness (QED) is 0.709. The predicted octanol–water partition coefficient (Wildman–Crippen LogP) is 3.44. The van der Waals surface area contributed by atoms with E-state index in [4.69, 9.17) is 0 Å². The van der Waals surface area contributed by atoms with E-state index >= 15 is 0 Å². The Morgan fingerprint density at radius 2 is 1.81 bits per heavy atom. The molecule has 1 aliphatic heterocycles. The van der Waals surface area contributed by atoms with Crippen LogP contribution in [0.2, 0.25) is 0 Å². The van der Waals surface area contributed by atoms with Crippen LogP contribution < -0.4 is 4.90 Å². The number of H-pyrrole nitrogens is 1. The van der Waals surface area contributed by atoms with Gasteiger partial charge in [-0.3, -0.25) is 4.90 Å². The van der Waals surface area contributed by atoms with Crippen molar-refractivity contribution in [3.63, 3.8) is 0 Å². The summed E-state index contributed by atoms with van der Waals surface area (Å²) in [6.07, 6.45) is -3.92. The Morgan fingerprint density at radius 1 is 1.07 bits per heavy atom. The highest BCUT2D eigenvalue weighted by Crippen LogP contribution is 2.31. The van der Waals surface area contributed by atoms with Crippen molar-refractivity contribution in [1.82, 2.24) is 19.9 Å². The highest BCUT2D eigenvalue weighted by Gasteiger charge is 2.32. The maximum Gasteiger partial charge on any atom is 0.417 e. The molecule has 0 aliphatic carbocycles. The maximum atomic E-state index is 14.1. The first-order valence-electron chi connectivity index (χ1n) is 8.54. The third kappa shape index (κ3) is 3.73. The number of aromatic nitrogens is 3. The number of alkyl halides is 3. The van der Waals surface area contributed by atoms with Gasteiger partial charge in [0, 0.05) is 32.4 Å². The van der Waals surface area contributed by atoms with E-state index in [2.05, 4.69) is 19.9 Å². The third-order valence-corrected chi connectivity index (χ3v) is 4.63. The van der Waals surface area contributed by atoms with E-state index in [-0.39, 0.29) is 5.82 Å². The van der Waals surface area contributed by atoms with Crippen LogP contribution in [0.1, 0.15) is 11.4 Å². The lowest BCUT2D eigenvalue weighted by atomic mass is 10.2. The molecule has 0 spiro atoms. The molecule has 4 rings (SSSR count). The van der Waals surface area contributed by atoms with Gasteiger partial charge in [0.05, 0.1) is 23.1 Å². The smallest absolute Gasteiger partial charge is 0.352 e. The average Bonchev–Trinajstić information content (AvgIpc) is 3.04. The van der Waals surface area contributed by atoms with Crippen molar-refractivity contribution in [2.45, 2.75) is 12.7 Å². The summed E-state index contributed by atoms with van der Waals surface area (Å²) in [5, 5.41) is 0. The summed E-state index contributed by atoms with van der Waals surface area (Å²) in [7, 11) is 0. The average molecular weight is 379 g/mol. The van der Waals surface area contributed by atoms with Gasteiger partial charge >= 0.3 is 6.18 Å². The molecule has 1 N–H and O–H groups in total. The van der Waals surface area contributed by atoms with Gasteiger partial charge in [-0.05, 0) is 18.2 Å². The van der Waals surface area contributed by atoms with Gasteiger partial charge in [-0.15, -0.1) is 0 Å². The fourth-order valence-corrected chi connectivity index (χ4v) is 3.23. The van der Waals surface area contributed by atoms with Crippen molar-refractivity contribution < 1.29 is 17.6 Å². The number of nitrogens with zero attached hydrogens (tertiary/aromatic N) is 4. The second-order valence-corrected chi connectivity index (χ2v) is 6.49. The molecular formula is C18H17F4N5. The standard InChI is InChI=1S/C18H17F4N5/c19-13-9-12(18(20,21)22)10-23-17(13)27-7-5-26(6-8-27)11-16-24-14-3-1-2-4-15(14)25-16/h1-4,9-10H,5-8,11H2,(H,24,25). The number of piperazine rings is 1. The molecule has 0 radical (unpaired) electrons. The lowest BCUT2D eigenvalue weighted by Gasteiger charge is -2.35. The van der Waals surface area contributed by atoms with Crippen molar-refractivity contribution in [3.8, 4) is 0 Å². The van der Waals surface area contributed by atoms with E-state index in [0.717, 1.165) is 16.9 Å². The molecule has 5 nitrogen and oxygen atoms in total. The number of anilines is 1. The highest BCUT2D eigenvalue weighted by atomic mass is 19.4. The van der Waals surface area contributed by atoms with Crippen molar-refractivity contribution in [3.05, 3.63) is 53.7 Å². The number of para-hydroxylation sites is 2. The van der Waals surface area contributed by atoms with Crippen LogP contribution in [0.25, 0.3) is 11.0 Å². The first-order chi connectivity index (χ1) is 12.9. The zero-order valence-corrected chi connectivity index (χ0v) is 14.3.